The Bertz CT molecular complexity index is 878. The van der Waals surface area contributed by atoms with Crippen LogP contribution in [0.4, 0.5) is 5.82 Å². The Morgan fingerprint density at radius 3 is 2.81 bits per heavy atom. The van der Waals surface area contributed by atoms with E-state index in [-0.39, 0.29) is 0 Å². The lowest BCUT2D eigenvalue weighted by molar-refractivity contribution is 0.839. The van der Waals surface area contributed by atoms with Crippen LogP contribution < -0.4 is 5.32 Å². The van der Waals surface area contributed by atoms with Crippen LogP contribution in [-0.4, -0.2) is 26.3 Å². The Hall–Kier alpha value is -2.69. The first-order valence-corrected chi connectivity index (χ1v) is 9.45. The maximum atomic E-state index is 4.69. The standard InChI is InChI=1S/C21H25N5/c1-3-4-18-11-19(9-10-22-18)26-14-20(15(2)25-26)17-7-8-21(24-13-17)23-12-16-5-6-16/h7-11,13-14,16H,3-6,12H2,1-2H3,(H,23,24). The average Bonchev–Trinajstić information content (AvgIpc) is 3.41. The summed E-state index contributed by atoms with van der Waals surface area (Å²) < 4.78 is 1.94. The number of aromatic nitrogens is 4. The van der Waals surface area contributed by atoms with Crippen LogP contribution in [0.5, 0.6) is 0 Å². The van der Waals surface area contributed by atoms with Gasteiger partial charge in [-0.3, -0.25) is 4.98 Å². The summed E-state index contributed by atoms with van der Waals surface area (Å²) in [5, 5.41) is 8.10. The quantitative estimate of drug-likeness (QED) is 0.688. The molecule has 26 heavy (non-hydrogen) atoms. The van der Waals surface area contributed by atoms with Crippen LogP contribution in [0.25, 0.3) is 16.8 Å². The average molecular weight is 347 g/mol. The van der Waals surface area contributed by atoms with Gasteiger partial charge in [-0.2, -0.15) is 5.10 Å². The highest BCUT2D eigenvalue weighted by atomic mass is 15.3. The van der Waals surface area contributed by atoms with E-state index in [0.717, 1.165) is 59.3 Å². The molecule has 0 atom stereocenters. The monoisotopic (exact) mass is 347 g/mol. The third kappa shape index (κ3) is 3.77. The van der Waals surface area contributed by atoms with Crippen LogP contribution in [0.2, 0.25) is 0 Å². The lowest BCUT2D eigenvalue weighted by Crippen LogP contribution is -2.04. The van der Waals surface area contributed by atoms with Crippen molar-refractivity contribution in [3.8, 4) is 16.8 Å². The minimum Gasteiger partial charge on any atom is -0.370 e. The molecule has 0 aromatic carbocycles. The number of pyridine rings is 2. The fourth-order valence-electron chi connectivity index (χ4n) is 3.11. The number of rotatable bonds is 7. The Morgan fingerprint density at radius 1 is 1.19 bits per heavy atom. The number of nitrogens with one attached hydrogen (secondary N) is 1. The summed E-state index contributed by atoms with van der Waals surface area (Å²) in [6.45, 7) is 5.24. The molecule has 1 aliphatic carbocycles. The SMILES string of the molecule is CCCc1cc(-n2cc(-c3ccc(NCC4CC4)nc3)c(C)n2)ccn1. The molecule has 5 heteroatoms. The number of aryl methyl sites for hydroxylation is 2. The Balaban J connectivity index is 1.55. The molecule has 0 radical (unpaired) electrons. The second-order valence-corrected chi connectivity index (χ2v) is 7.08. The molecule has 0 bridgehead atoms. The van der Waals surface area contributed by atoms with E-state index in [2.05, 4.69) is 46.6 Å². The van der Waals surface area contributed by atoms with Gasteiger partial charge in [-0.1, -0.05) is 13.3 Å². The maximum Gasteiger partial charge on any atom is 0.125 e. The Kier molecular flexibility index (Phi) is 4.69. The summed E-state index contributed by atoms with van der Waals surface area (Å²) in [6, 6.07) is 8.29. The topological polar surface area (TPSA) is 55.6 Å². The van der Waals surface area contributed by atoms with E-state index in [0.29, 0.717) is 0 Å². The van der Waals surface area contributed by atoms with Crippen molar-refractivity contribution in [2.45, 2.75) is 39.5 Å². The Labute approximate surface area is 154 Å². The molecule has 1 aliphatic rings. The van der Waals surface area contributed by atoms with Crippen LogP contribution in [0.1, 0.15) is 37.6 Å². The van der Waals surface area contributed by atoms with Gasteiger partial charge in [0.2, 0.25) is 0 Å². The third-order valence-corrected chi connectivity index (χ3v) is 4.81. The molecule has 3 aromatic rings. The number of nitrogens with zero attached hydrogens (tertiary/aromatic N) is 4. The van der Waals surface area contributed by atoms with Crippen molar-refractivity contribution in [3.63, 3.8) is 0 Å². The summed E-state index contributed by atoms with van der Waals surface area (Å²) in [6.07, 6.45) is 10.6. The molecule has 5 nitrogen and oxygen atoms in total. The normalized spacial score (nSPS) is 13.8. The van der Waals surface area contributed by atoms with Gasteiger partial charge in [0.1, 0.15) is 5.82 Å². The van der Waals surface area contributed by atoms with Gasteiger partial charge in [0.25, 0.3) is 0 Å². The summed E-state index contributed by atoms with van der Waals surface area (Å²) in [5.41, 5.74) is 5.36. The van der Waals surface area contributed by atoms with Crippen molar-refractivity contribution in [3.05, 3.63) is 54.2 Å². The molecular formula is C21H25N5. The van der Waals surface area contributed by atoms with E-state index >= 15 is 0 Å². The van der Waals surface area contributed by atoms with Gasteiger partial charge >= 0.3 is 0 Å². The van der Waals surface area contributed by atoms with E-state index in [1.54, 1.807) is 0 Å². The second-order valence-electron chi connectivity index (χ2n) is 7.08. The zero-order valence-corrected chi connectivity index (χ0v) is 15.4. The van der Waals surface area contributed by atoms with E-state index in [1.807, 2.05) is 30.1 Å². The molecule has 0 saturated heterocycles. The predicted molar refractivity (Wildman–Crippen MR) is 105 cm³/mol. The van der Waals surface area contributed by atoms with Crippen molar-refractivity contribution < 1.29 is 0 Å². The molecule has 0 amide bonds. The predicted octanol–water partition coefficient (Wildman–Crippen LogP) is 4.41. The first kappa shape index (κ1) is 16.8. The summed E-state index contributed by atoms with van der Waals surface area (Å²) in [7, 11) is 0. The highest BCUT2D eigenvalue weighted by molar-refractivity contribution is 5.66. The fraction of sp³-hybridized carbons (Fsp3) is 0.381. The molecule has 0 spiro atoms. The highest BCUT2D eigenvalue weighted by Crippen LogP contribution is 2.29. The highest BCUT2D eigenvalue weighted by Gasteiger charge is 2.20. The van der Waals surface area contributed by atoms with Gasteiger partial charge in [0.05, 0.1) is 11.4 Å². The van der Waals surface area contributed by atoms with Crippen molar-refractivity contribution in [1.29, 1.82) is 0 Å². The number of hydrogen-bond donors (Lipinski definition) is 1. The summed E-state index contributed by atoms with van der Waals surface area (Å²) in [4.78, 5) is 8.99. The van der Waals surface area contributed by atoms with E-state index in [4.69, 9.17) is 5.10 Å². The minimum atomic E-state index is 0.843. The van der Waals surface area contributed by atoms with Crippen LogP contribution >= 0.6 is 0 Å². The molecule has 1 saturated carbocycles. The zero-order valence-electron chi connectivity index (χ0n) is 15.4. The number of hydrogen-bond acceptors (Lipinski definition) is 4. The van der Waals surface area contributed by atoms with Gasteiger partial charge in [-0.15, -0.1) is 0 Å². The molecule has 1 fully saturated rings. The Morgan fingerprint density at radius 2 is 2.08 bits per heavy atom. The molecule has 0 aliphatic heterocycles. The molecule has 134 valence electrons. The first-order chi connectivity index (χ1) is 12.7. The van der Waals surface area contributed by atoms with Crippen LogP contribution in [0, 0.1) is 12.8 Å². The zero-order chi connectivity index (χ0) is 17.9. The van der Waals surface area contributed by atoms with Gasteiger partial charge in [0, 0.05) is 42.0 Å². The smallest absolute Gasteiger partial charge is 0.125 e. The molecule has 3 heterocycles. The molecule has 1 N–H and O–H groups in total. The largest absolute Gasteiger partial charge is 0.370 e. The van der Waals surface area contributed by atoms with Crippen LogP contribution in [0.3, 0.4) is 0 Å². The first-order valence-electron chi connectivity index (χ1n) is 9.45. The lowest BCUT2D eigenvalue weighted by Gasteiger charge is -2.05. The van der Waals surface area contributed by atoms with Crippen molar-refractivity contribution in [2.75, 3.05) is 11.9 Å². The van der Waals surface area contributed by atoms with Crippen molar-refractivity contribution >= 4 is 5.82 Å². The van der Waals surface area contributed by atoms with E-state index in [9.17, 15) is 0 Å². The molecule has 3 aromatic heterocycles. The van der Waals surface area contributed by atoms with Crippen LogP contribution in [-0.2, 0) is 6.42 Å². The van der Waals surface area contributed by atoms with Gasteiger partial charge < -0.3 is 5.32 Å². The minimum absolute atomic E-state index is 0.843. The van der Waals surface area contributed by atoms with Crippen LogP contribution in [0.15, 0.2) is 42.9 Å². The third-order valence-electron chi connectivity index (χ3n) is 4.81. The maximum absolute atomic E-state index is 4.69. The second kappa shape index (κ2) is 7.28. The van der Waals surface area contributed by atoms with Gasteiger partial charge in [-0.25, -0.2) is 9.67 Å². The summed E-state index contributed by atoms with van der Waals surface area (Å²) in [5.74, 6) is 1.79. The van der Waals surface area contributed by atoms with Crippen molar-refractivity contribution in [2.24, 2.45) is 5.92 Å². The fourth-order valence-corrected chi connectivity index (χ4v) is 3.11. The van der Waals surface area contributed by atoms with Crippen molar-refractivity contribution in [1.82, 2.24) is 19.7 Å². The lowest BCUT2D eigenvalue weighted by atomic mass is 10.1. The molecular weight excluding hydrogens is 322 g/mol. The van der Waals surface area contributed by atoms with E-state index in [1.165, 1.54) is 12.8 Å². The summed E-state index contributed by atoms with van der Waals surface area (Å²) >= 11 is 0. The van der Waals surface area contributed by atoms with Gasteiger partial charge in [-0.05, 0) is 56.4 Å². The molecule has 0 unspecified atom stereocenters. The number of anilines is 1. The van der Waals surface area contributed by atoms with Gasteiger partial charge in [0.15, 0.2) is 0 Å². The van der Waals surface area contributed by atoms with E-state index < -0.39 is 0 Å². The molecule has 4 rings (SSSR count).